The van der Waals surface area contributed by atoms with Crippen molar-refractivity contribution < 1.29 is 19.4 Å². The maximum atomic E-state index is 14.0. The van der Waals surface area contributed by atoms with Gasteiger partial charge in [0.25, 0.3) is 0 Å². The van der Waals surface area contributed by atoms with Crippen LogP contribution in [0.5, 0.6) is 11.5 Å². The summed E-state index contributed by atoms with van der Waals surface area (Å²) >= 11 is 0. The van der Waals surface area contributed by atoms with E-state index in [0.29, 0.717) is 23.8 Å². The lowest BCUT2D eigenvalue weighted by Crippen LogP contribution is -2.35. The number of ketones is 1. The molecule has 1 aliphatic heterocycles. The van der Waals surface area contributed by atoms with Gasteiger partial charge in [-0.05, 0) is 95.7 Å². The molecular weight excluding hydrogens is 462 g/mol. The van der Waals surface area contributed by atoms with E-state index in [1.807, 2.05) is 78.9 Å². The standard InChI is InChI=1S/C32H33NO4/c1-36-27-14-16-29-23(20-27)11-15-30(28-8-3-2-6-24(28)21-34)31(29)32(35)22-9-12-26(13-10-22)37-19-17-25-7-4-5-18-33-25/h2-3,6,8-16,20,25,33-34H,4-5,7,17-19,21H2,1H3. The molecule has 4 aromatic carbocycles. The number of ether oxygens (including phenoxy) is 2. The van der Waals surface area contributed by atoms with Crippen LogP contribution in [0.2, 0.25) is 0 Å². The van der Waals surface area contributed by atoms with Crippen LogP contribution in [0.3, 0.4) is 0 Å². The number of hydrogen-bond acceptors (Lipinski definition) is 5. The van der Waals surface area contributed by atoms with Crippen molar-refractivity contribution in [3.05, 3.63) is 95.6 Å². The minimum Gasteiger partial charge on any atom is -0.497 e. The Bertz CT molecular complexity index is 1370. The molecule has 0 bridgehead atoms. The van der Waals surface area contributed by atoms with Crippen LogP contribution in [0.4, 0.5) is 0 Å². The first-order valence-corrected chi connectivity index (χ1v) is 13.0. The molecule has 0 spiro atoms. The van der Waals surface area contributed by atoms with Crippen molar-refractivity contribution in [1.82, 2.24) is 5.32 Å². The highest BCUT2D eigenvalue weighted by atomic mass is 16.5. The highest BCUT2D eigenvalue weighted by Gasteiger charge is 2.20. The maximum absolute atomic E-state index is 14.0. The molecule has 0 amide bonds. The number of methoxy groups -OCH3 is 1. The zero-order chi connectivity index (χ0) is 25.6. The maximum Gasteiger partial charge on any atom is 0.194 e. The van der Waals surface area contributed by atoms with Crippen LogP contribution in [0, 0.1) is 0 Å². The van der Waals surface area contributed by atoms with Crippen molar-refractivity contribution >= 4 is 16.6 Å². The Morgan fingerprint density at radius 1 is 0.946 bits per heavy atom. The number of nitrogens with one attached hydrogen (secondary N) is 1. The number of carbonyl (C=O) groups is 1. The van der Waals surface area contributed by atoms with Crippen molar-refractivity contribution in [2.24, 2.45) is 0 Å². The summed E-state index contributed by atoms with van der Waals surface area (Å²) < 4.78 is 11.4. The van der Waals surface area contributed by atoms with E-state index in [0.717, 1.165) is 51.9 Å². The van der Waals surface area contributed by atoms with Gasteiger partial charge in [0.15, 0.2) is 5.78 Å². The van der Waals surface area contributed by atoms with Gasteiger partial charge in [-0.1, -0.05) is 42.8 Å². The number of aliphatic hydroxyl groups excluding tert-OH is 1. The minimum absolute atomic E-state index is 0.0727. The first-order valence-electron chi connectivity index (χ1n) is 13.0. The number of aliphatic hydroxyl groups is 1. The van der Waals surface area contributed by atoms with Gasteiger partial charge in [-0.25, -0.2) is 0 Å². The molecule has 5 nitrogen and oxygen atoms in total. The topological polar surface area (TPSA) is 67.8 Å². The lowest BCUT2D eigenvalue weighted by Gasteiger charge is -2.23. The van der Waals surface area contributed by atoms with E-state index >= 15 is 0 Å². The monoisotopic (exact) mass is 495 g/mol. The summed E-state index contributed by atoms with van der Waals surface area (Å²) in [5.74, 6) is 1.43. The molecule has 1 saturated heterocycles. The third-order valence-electron chi connectivity index (χ3n) is 7.20. The van der Waals surface area contributed by atoms with Gasteiger partial charge in [0.1, 0.15) is 11.5 Å². The molecule has 5 rings (SSSR count). The van der Waals surface area contributed by atoms with E-state index in [1.54, 1.807) is 7.11 Å². The van der Waals surface area contributed by atoms with Crippen LogP contribution in [0.1, 0.15) is 47.2 Å². The average molecular weight is 496 g/mol. The van der Waals surface area contributed by atoms with Gasteiger partial charge in [0.2, 0.25) is 0 Å². The Morgan fingerprint density at radius 3 is 2.51 bits per heavy atom. The molecule has 0 aromatic heterocycles. The Kier molecular flexibility index (Phi) is 7.83. The highest BCUT2D eigenvalue weighted by Crippen LogP contribution is 2.35. The molecule has 4 aromatic rings. The summed E-state index contributed by atoms with van der Waals surface area (Å²) in [4.78, 5) is 14.0. The molecule has 37 heavy (non-hydrogen) atoms. The van der Waals surface area contributed by atoms with Gasteiger partial charge in [-0.2, -0.15) is 0 Å². The number of rotatable bonds is 9. The molecule has 2 N–H and O–H groups in total. The summed E-state index contributed by atoms with van der Waals surface area (Å²) in [7, 11) is 1.63. The number of carbonyl (C=O) groups excluding carboxylic acids is 1. The first-order chi connectivity index (χ1) is 18.2. The fraction of sp³-hybridized carbons (Fsp3) is 0.281. The van der Waals surface area contributed by atoms with Crippen molar-refractivity contribution in [2.75, 3.05) is 20.3 Å². The molecule has 0 saturated carbocycles. The molecule has 5 heteroatoms. The molecular formula is C32H33NO4. The van der Waals surface area contributed by atoms with Crippen LogP contribution in [-0.2, 0) is 6.61 Å². The van der Waals surface area contributed by atoms with Crippen molar-refractivity contribution in [2.45, 2.75) is 38.3 Å². The van der Waals surface area contributed by atoms with Crippen LogP contribution in [0.25, 0.3) is 21.9 Å². The average Bonchev–Trinajstić information content (AvgIpc) is 2.96. The SMILES string of the molecule is COc1ccc2c(C(=O)c3ccc(OCCC4CCCCN4)cc3)c(-c3ccccc3CO)ccc2c1. The summed E-state index contributed by atoms with van der Waals surface area (Å²) in [6.45, 7) is 1.64. The fourth-order valence-corrected chi connectivity index (χ4v) is 5.16. The number of fused-ring (bicyclic) bond motifs is 1. The van der Waals surface area contributed by atoms with E-state index < -0.39 is 0 Å². The summed E-state index contributed by atoms with van der Waals surface area (Å²) in [5.41, 5.74) is 3.63. The van der Waals surface area contributed by atoms with Crippen LogP contribution >= 0.6 is 0 Å². The lowest BCUT2D eigenvalue weighted by atomic mass is 9.87. The molecule has 190 valence electrons. The Labute approximate surface area is 218 Å². The van der Waals surface area contributed by atoms with E-state index in [4.69, 9.17) is 9.47 Å². The van der Waals surface area contributed by atoms with Gasteiger partial charge in [-0.15, -0.1) is 0 Å². The van der Waals surface area contributed by atoms with Gasteiger partial charge < -0.3 is 19.9 Å². The van der Waals surface area contributed by atoms with Gasteiger partial charge >= 0.3 is 0 Å². The van der Waals surface area contributed by atoms with E-state index in [9.17, 15) is 9.90 Å². The second-order valence-electron chi connectivity index (χ2n) is 9.53. The van der Waals surface area contributed by atoms with Crippen molar-refractivity contribution in [3.63, 3.8) is 0 Å². The van der Waals surface area contributed by atoms with Crippen LogP contribution in [-0.4, -0.2) is 37.2 Å². The Morgan fingerprint density at radius 2 is 1.76 bits per heavy atom. The Hall–Kier alpha value is -3.67. The molecule has 0 radical (unpaired) electrons. The molecule has 0 aliphatic carbocycles. The number of piperidine rings is 1. The molecule has 1 atom stereocenters. The second-order valence-corrected chi connectivity index (χ2v) is 9.53. The minimum atomic E-state index is -0.104. The molecule has 1 unspecified atom stereocenters. The highest BCUT2D eigenvalue weighted by molar-refractivity contribution is 6.20. The van der Waals surface area contributed by atoms with Gasteiger partial charge in [0, 0.05) is 17.2 Å². The summed E-state index contributed by atoms with van der Waals surface area (Å²) in [5, 5.41) is 15.3. The van der Waals surface area contributed by atoms with E-state index in [1.165, 1.54) is 19.3 Å². The van der Waals surface area contributed by atoms with Gasteiger partial charge in [-0.3, -0.25) is 4.79 Å². The first kappa shape index (κ1) is 25.0. The molecule has 1 heterocycles. The quantitative estimate of drug-likeness (QED) is 0.273. The predicted octanol–water partition coefficient (Wildman–Crippen LogP) is 6.15. The smallest absolute Gasteiger partial charge is 0.194 e. The van der Waals surface area contributed by atoms with Gasteiger partial charge in [0.05, 0.1) is 20.3 Å². The van der Waals surface area contributed by atoms with Crippen molar-refractivity contribution in [1.29, 1.82) is 0 Å². The largest absolute Gasteiger partial charge is 0.497 e. The number of hydrogen-bond donors (Lipinski definition) is 2. The zero-order valence-electron chi connectivity index (χ0n) is 21.2. The summed E-state index contributed by atoms with van der Waals surface area (Å²) in [6.07, 6.45) is 4.72. The zero-order valence-corrected chi connectivity index (χ0v) is 21.2. The number of benzene rings is 4. The lowest BCUT2D eigenvalue weighted by molar-refractivity contribution is 0.104. The third kappa shape index (κ3) is 5.53. The molecule has 1 aliphatic rings. The Balaban J connectivity index is 1.46. The molecule has 1 fully saturated rings. The normalized spacial score (nSPS) is 15.5. The predicted molar refractivity (Wildman–Crippen MR) is 147 cm³/mol. The van der Waals surface area contributed by atoms with Crippen LogP contribution in [0.15, 0.2) is 78.9 Å². The second kappa shape index (κ2) is 11.6. The van der Waals surface area contributed by atoms with E-state index in [-0.39, 0.29) is 12.4 Å². The van der Waals surface area contributed by atoms with Crippen LogP contribution < -0.4 is 14.8 Å². The fourth-order valence-electron chi connectivity index (χ4n) is 5.16. The third-order valence-corrected chi connectivity index (χ3v) is 7.20. The summed E-state index contributed by atoms with van der Waals surface area (Å²) in [6, 6.07) is 25.3. The van der Waals surface area contributed by atoms with Crippen molar-refractivity contribution in [3.8, 4) is 22.6 Å². The van der Waals surface area contributed by atoms with E-state index in [2.05, 4.69) is 5.32 Å².